The van der Waals surface area contributed by atoms with Gasteiger partial charge in [0.1, 0.15) is 5.69 Å². The molecule has 0 amide bonds. The minimum absolute atomic E-state index is 0.150. The lowest BCUT2D eigenvalue weighted by atomic mass is 10.1. The van der Waals surface area contributed by atoms with Crippen LogP contribution in [0.15, 0.2) is 30.3 Å². The lowest BCUT2D eigenvalue weighted by Crippen LogP contribution is -2.13. The van der Waals surface area contributed by atoms with Crippen LogP contribution in [-0.4, -0.2) is 22.0 Å². The van der Waals surface area contributed by atoms with Gasteiger partial charge in [-0.15, -0.1) is 0 Å². The Bertz CT molecular complexity index is 818. The number of fused-ring (bicyclic) bond motifs is 3. The van der Waals surface area contributed by atoms with Crippen LogP contribution in [-0.2, 0) is 11.2 Å². The zero-order valence-electron chi connectivity index (χ0n) is 12.4. The van der Waals surface area contributed by atoms with Gasteiger partial charge in [-0.1, -0.05) is 25.1 Å². The molecular formula is C17H18N2O2. The van der Waals surface area contributed by atoms with E-state index in [1.54, 1.807) is 0 Å². The first-order chi connectivity index (χ1) is 10.1. The van der Waals surface area contributed by atoms with Gasteiger partial charge in [-0.25, -0.2) is 9.78 Å². The monoisotopic (exact) mass is 282 g/mol. The number of aromatic amines is 1. The van der Waals surface area contributed by atoms with E-state index in [1.165, 1.54) is 0 Å². The number of para-hydroxylation sites is 1. The van der Waals surface area contributed by atoms with E-state index in [2.05, 4.69) is 9.97 Å². The summed E-state index contributed by atoms with van der Waals surface area (Å²) in [7, 11) is 0. The van der Waals surface area contributed by atoms with Crippen molar-refractivity contribution in [2.75, 3.05) is 0 Å². The lowest BCUT2D eigenvalue weighted by molar-refractivity contribution is 0.0371. The van der Waals surface area contributed by atoms with Crippen molar-refractivity contribution in [3.05, 3.63) is 41.7 Å². The topological polar surface area (TPSA) is 55.0 Å². The Hall–Kier alpha value is -2.36. The fourth-order valence-electron chi connectivity index (χ4n) is 2.55. The average molecular weight is 282 g/mol. The fourth-order valence-corrected chi connectivity index (χ4v) is 2.55. The molecule has 0 saturated carbocycles. The maximum absolute atomic E-state index is 12.1. The highest BCUT2D eigenvalue weighted by molar-refractivity contribution is 6.09. The number of aromatic nitrogens is 2. The van der Waals surface area contributed by atoms with Crippen LogP contribution in [0.3, 0.4) is 0 Å². The highest BCUT2D eigenvalue weighted by atomic mass is 16.5. The summed E-state index contributed by atoms with van der Waals surface area (Å²) in [5.41, 5.74) is 3.32. The number of carbonyl (C=O) groups excluding carboxylic acids is 1. The summed E-state index contributed by atoms with van der Waals surface area (Å²) in [5, 5.41) is 2.12. The Kier molecular flexibility index (Phi) is 3.37. The van der Waals surface area contributed by atoms with E-state index in [1.807, 2.05) is 51.1 Å². The Balaban J connectivity index is 2.24. The van der Waals surface area contributed by atoms with Crippen LogP contribution in [0, 0.1) is 0 Å². The molecule has 0 aliphatic carbocycles. The van der Waals surface area contributed by atoms with Crippen molar-refractivity contribution in [2.24, 2.45) is 0 Å². The Labute approximate surface area is 123 Å². The molecule has 4 nitrogen and oxygen atoms in total. The summed E-state index contributed by atoms with van der Waals surface area (Å²) < 4.78 is 5.26. The van der Waals surface area contributed by atoms with Gasteiger partial charge in [-0.2, -0.15) is 0 Å². The molecule has 0 spiro atoms. The molecule has 2 aromatic heterocycles. The number of nitrogens with zero attached hydrogens (tertiary/aromatic N) is 1. The van der Waals surface area contributed by atoms with E-state index in [9.17, 15) is 4.79 Å². The summed E-state index contributed by atoms with van der Waals surface area (Å²) in [4.78, 5) is 20.0. The third-order valence-electron chi connectivity index (χ3n) is 3.46. The van der Waals surface area contributed by atoms with Crippen molar-refractivity contribution in [2.45, 2.75) is 33.3 Å². The van der Waals surface area contributed by atoms with Crippen LogP contribution in [0.1, 0.15) is 37.0 Å². The molecule has 0 aliphatic rings. The third-order valence-corrected chi connectivity index (χ3v) is 3.46. The first kappa shape index (κ1) is 13.6. The highest BCUT2D eigenvalue weighted by Crippen LogP contribution is 2.28. The number of carbonyl (C=O) groups is 1. The van der Waals surface area contributed by atoms with E-state index in [-0.39, 0.29) is 12.1 Å². The third kappa shape index (κ3) is 2.37. The Morgan fingerprint density at radius 1 is 1.29 bits per heavy atom. The number of H-pyrrole nitrogens is 1. The number of pyridine rings is 1. The SMILES string of the molecule is CCc1nc(C(=O)OC(C)C)cc2c1[nH]c1ccccc12. The molecule has 0 aliphatic heterocycles. The molecule has 21 heavy (non-hydrogen) atoms. The van der Waals surface area contributed by atoms with Crippen LogP contribution in [0.2, 0.25) is 0 Å². The highest BCUT2D eigenvalue weighted by Gasteiger charge is 2.16. The second kappa shape index (κ2) is 5.20. The standard InChI is InChI=1S/C17H18N2O2/c1-4-13-16-12(11-7-5-6-8-14(11)19-16)9-15(18-13)17(20)21-10(2)3/h5-10,19H,4H2,1-3H3. The lowest BCUT2D eigenvalue weighted by Gasteiger charge is -2.08. The van der Waals surface area contributed by atoms with Crippen LogP contribution >= 0.6 is 0 Å². The maximum Gasteiger partial charge on any atom is 0.357 e. The molecule has 0 unspecified atom stereocenters. The fraction of sp³-hybridized carbons (Fsp3) is 0.294. The normalized spacial score (nSPS) is 11.4. The van der Waals surface area contributed by atoms with E-state index in [0.29, 0.717) is 5.69 Å². The summed E-state index contributed by atoms with van der Waals surface area (Å²) in [5.74, 6) is -0.369. The summed E-state index contributed by atoms with van der Waals surface area (Å²) in [6.45, 7) is 5.70. The minimum atomic E-state index is -0.369. The van der Waals surface area contributed by atoms with E-state index >= 15 is 0 Å². The summed E-state index contributed by atoms with van der Waals surface area (Å²) >= 11 is 0. The summed E-state index contributed by atoms with van der Waals surface area (Å²) in [6.07, 6.45) is 0.606. The van der Waals surface area contributed by atoms with Crippen molar-refractivity contribution in [1.29, 1.82) is 0 Å². The average Bonchev–Trinajstić information content (AvgIpc) is 2.84. The van der Waals surface area contributed by atoms with Gasteiger partial charge >= 0.3 is 5.97 Å². The molecule has 108 valence electrons. The summed E-state index contributed by atoms with van der Waals surface area (Å²) in [6, 6.07) is 9.88. The number of benzene rings is 1. The van der Waals surface area contributed by atoms with Crippen molar-refractivity contribution in [3.63, 3.8) is 0 Å². The van der Waals surface area contributed by atoms with Crippen LogP contribution < -0.4 is 0 Å². The molecule has 0 atom stereocenters. The quantitative estimate of drug-likeness (QED) is 0.742. The van der Waals surface area contributed by atoms with Gasteiger partial charge in [0.15, 0.2) is 0 Å². The zero-order valence-corrected chi connectivity index (χ0v) is 12.4. The largest absolute Gasteiger partial charge is 0.458 e. The van der Waals surface area contributed by atoms with Crippen molar-refractivity contribution in [3.8, 4) is 0 Å². The van der Waals surface area contributed by atoms with Crippen LogP contribution in [0.4, 0.5) is 0 Å². The van der Waals surface area contributed by atoms with Gasteiger partial charge in [0.2, 0.25) is 0 Å². The molecule has 1 N–H and O–H groups in total. The number of aryl methyl sites for hydroxylation is 1. The molecule has 0 saturated heterocycles. The molecule has 1 aromatic carbocycles. The van der Waals surface area contributed by atoms with Crippen LogP contribution in [0.5, 0.6) is 0 Å². The molecule has 2 heterocycles. The van der Waals surface area contributed by atoms with Gasteiger partial charge in [0.25, 0.3) is 0 Å². The number of hydrogen-bond donors (Lipinski definition) is 1. The Morgan fingerprint density at radius 3 is 2.76 bits per heavy atom. The number of ether oxygens (including phenoxy) is 1. The van der Waals surface area contributed by atoms with Crippen molar-refractivity contribution in [1.82, 2.24) is 9.97 Å². The predicted molar refractivity (Wildman–Crippen MR) is 83.5 cm³/mol. The second-order valence-corrected chi connectivity index (χ2v) is 5.35. The first-order valence-corrected chi connectivity index (χ1v) is 7.21. The molecule has 0 radical (unpaired) electrons. The van der Waals surface area contributed by atoms with Gasteiger partial charge in [-0.3, -0.25) is 0 Å². The molecule has 3 rings (SSSR count). The number of hydrogen-bond acceptors (Lipinski definition) is 3. The number of rotatable bonds is 3. The first-order valence-electron chi connectivity index (χ1n) is 7.21. The molecular weight excluding hydrogens is 264 g/mol. The van der Waals surface area contributed by atoms with Crippen molar-refractivity contribution >= 4 is 27.8 Å². The Morgan fingerprint density at radius 2 is 2.05 bits per heavy atom. The van der Waals surface area contributed by atoms with E-state index in [0.717, 1.165) is 33.9 Å². The predicted octanol–water partition coefficient (Wildman–Crippen LogP) is 3.84. The van der Waals surface area contributed by atoms with E-state index < -0.39 is 0 Å². The van der Waals surface area contributed by atoms with Crippen molar-refractivity contribution < 1.29 is 9.53 Å². The molecule has 0 bridgehead atoms. The van der Waals surface area contributed by atoms with Gasteiger partial charge in [0.05, 0.1) is 17.3 Å². The minimum Gasteiger partial charge on any atom is -0.458 e. The van der Waals surface area contributed by atoms with Gasteiger partial charge < -0.3 is 9.72 Å². The van der Waals surface area contributed by atoms with Gasteiger partial charge in [0, 0.05) is 16.3 Å². The molecule has 0 fully saturated rings. The second-order valence-electron chi connectivity index (χ2n) is 5.35. The van der Waals surface area contributed by atoms with Crippen LogP contribution in [0.25, 0.3) is 21.8 Å². The number of nitrogens with one attached hydrogen (secondary N) is 1. The number of esters is 1. The van der Waals surface area contributed by atoms with E-state index in [4.69, 9.17) is 4.74 Å². The maximum atomic E-state index is 12.1. The zero-order chi connectivity index (χ0) is 15.0. The molecule has 4 heteroatoms. The van der Waals surface area contributed by atoms with Gasteiger partial charge in [-0.05, 0) is 32.4 Å². The smallest absolute Gasteiger partial charge is 0.357 e. The molecule has 3 aromatic rings.